The number of rotatable bonds is 4. The van der Waals surface area contributed by atoms with E-state index in [1.807, 2.05) is 72.6 Å². The van der Waals surface area contributed by atoms with Crippen LogP contribution in [0.1, 0.15) is 23.2 Å². The molecule has 6 nitrogen and oxygen atoms in total. The van der Waals surface area contributed by atoms with E-state index in [2.05, 4.69) is 12.1 Å². The third kappa shape index (κ3) is 4.26. The van der Waals surface area contributed by atoms with Crippen LogP contribution in [0.2, 0.25) is 10.0 Å². The number of nitrogens with zero attached hydrogens (tertiary/aromatic N) is 5. The summed E-state index contributed by atoms with van der Waals surface area (Å²) >= 11 is 14.4. The van der Waals surface area contributed by atoms with Crippen LogP contribution >= 0.6 is 34.5 Å². The first-order valence-electron chi connectivity index (χ1n) is 12.1. The number of thiazole rings is 1. The first-order valence-corrected chi connectivity index (χ1v) is 13.8. The topological polar surface area (TPSA) is 56.6 Å². The number of fused-ring (bicyclic) bond motifs is 1. The fourth-order valence-electron chi connectivity index (χ4n) is 4.76. The molecule has 6 rings (SSSR count). The van der Waals surface area contributed by atoms with E-state index in [0.717, 1.165) is 46.8 Å². The number of hydrogen-bond acceptors (Lipinski definition) is 4. The van der Waals surface area contributed by atoms with Crippen molar-refractivity contribution in [1.82, 2.24) is 14.0 Å². The Hall–Kier alpha value is -3.65. The van der Waals surface area contributed by atoms with Gasteiger partial charge in [-0.05, 0) is 55.7 Å². The van der Waals surface area contributed by atoms with Crippen molar-refractivity contribution in [3.8, 4) is 16.9 Å². The Morgan fingerprint density at radius 3 is 2.50 bits per heavy atom. The van der Waals surface area contributed by atoms with Gasteiger partial charge in [0, 0.05) is 28.6 Å². The molecule has 0 bridgehead atoms. The third-order valence-corrected chi connectivity index (χ3v) is 8.18. The standard InChI is InChI=1S/C29H23Cl2N5OS/c1-18-27(28(37)36(34(18)2)21-9-4-3-5-10-21)32-29-35(33-25-15-12-19-8-6-7-11-22(19)25)26(17-38-29)23-16-20(30)13-14-24(23)31/h3-11,13-14,16-17H,12,15H2,1-2H3. The number of benzene rings is 3. The second-order valence-electron chi connectivity index (χ2n) is 9.07. The molecule has 3 aromatic carbocycles. The smallest absolute Gasteiger partial charge is 0.283 e. The van der Waals surface area contributed by atoms with E-state index in [0.29, 0.717) is 20.5 Å². The maximum absolute atomic E-state index is 13.6. The van der Waals surface area contributed by atoms with Crippen molar-refractivity contribution in [2.24, 2.45) is 17.1 Å². The lowest BCUT2D eigenvalue weighted by molar-refractivity contribution is 0.630. The monoisotopic (exact) mass is 559 g/mol. The van der Waals surface area contributed by atoms with Crippen molar-refractivity contribution < 1.29 is 0 Å². The normalized spacial score (nSPS) is 14.4. The van der Waals surface area contributed by atoms with Crippen molar-refractivity contribution >= 4 is 45.9 Å². The fraction of sp³-hybridized carbons (Fsp3) is 0.138. The first-order chi connectivity index (χ1) is 18.4. The summed E-state index contributed by atoms with van der Waals surface area (Å²) in [6.07, 6.45) is 1.74. The molecule has 0 amide bonds. The molecule has 0 saturated carbocycles. The van der Waals surface area contributed by atoms with Gasteiger partial charge in [-0.25, -0.2) is 14.4 Å². The molecule has 2 aromatic heterocycles. The second-order valence-corrected chi connectivity index (χ2v) is 10.7. The molecule has 5 aromatic rings. The number of aromatic nitrogens is 3. The maximum Gasteiger partial charge on any atom is 0.297 e. The molecule has 0 radical (unpaired) electrons. The number of hydrogen-bond donors (Lipinski definition) is 0. The molecule has 9 heteroatoms. The van der Waals surface area contributed by atoms with Crippen molar-refractivity contribution in [1.29, 1.82) is 0 Å². The number of para-hydroxylation sites is 1. The Morgan fingerprint density at radius 1 is 0.921 bits per heavy atom. The lowest BCUT2D eigenvalue weighted by Crippen LogP contribution is -2.20. The van der Waals surface area contributed by atoms with Crippen molar-refractivity contribution in [3.05, 3.63) is 120 Å². The van der Waals surface area contributed by atoms with Crippen LogP contribution in [0.15, 0.2) is 93.1 Å². The average Bonchev–Trinajstić information content (AvgIpc) is 3.58. The molecule has 0 fully saturated rings. The van der Waals surface area contributed by atoms with Crippen LogP contribution in [0.4, 0.5) is 5.69 Å². The van der Waals surface area contributed by atoms with Gasteiger partial charge in [-0.1, -0.05) is 65.7 Å². The van der Waals surface area contributed by atoms with Gasteiger partial charge in [0.05, 0.1) is 27.8 Å². The van der Waals surface area contributed by atoms with E-state index in [-0.39, 0.29) is 5.56 Å². The Labute approximate surface area is 233 Å². The quantitative estimate of drug-likeness (QED) is 0.240. The minimum Gasteiger partial charge on any atom is -0.283 e. The van der Waals surface area contributed by atoms with Gasteiger partial charge in [-0.2, -0.15) is 5.10 Å². The Morgan fingerprint density at radius 2 is 1.68 bits per heavy atom. The molecular formula is C29H23Cl2N5OS. The van der Waals surface area contributed by atoms with Crippen molar-refractivity contribution in [3.63, 3.8) is 0 Å². The molecule has 1 aliphatic rings. The summed E-state index contributed by atoms with van der Waals surface area (Å²) < 4.78 is 5.24. The highest BCUT2D eigenvalue weighted by molar-refractivity contribution is 7.07. The van der Waals surface area contributed by atoms with E-state index in [1.165, 1.54) is 16.9 Å². The van der Waals surface area contributed by atoms with Gasteiger partial charge >= 0.3 is 0 Å². The zero-order valence-corrected chi connectivity index (χ0v) is 23.1. The van der Waals surface area contributed by atoms with Crippen molar-refractivity contribution in [2.75, 3.05) is 0 Å². The Bertz CT molecular complexity index is 1840. The summed E-state index contributed by atoms with van der Waals surface area (Å²) in [4.78, 5) is 19.0. The van der Waals surface area contributed by atoms with Gasteiger partial charge in [0.2, 0.25) is 4.80 Å². The zero-order chi connectivity index (χ0) is 26.4. The molecule has 0 aliphatic heterocycles. The van der Waals surface area contributed by atoms with Crippen LogP contribution in [-0.2, 0) is 13.5 Å². The second kappa shape index (κ2) is 9.91. The van der Waals surface area contributed by atoms with E-state index >= 15 is 0 Å². The number of halogens is 2. The minimum absolute atomic E-state index is 0.197. The summed E-state index contributed by atoms with van der Waals surface area (Å²) in [6.45, 7) is 1.89. The van der Waals surface area contributed by atoms with Crippen LogP contribution < -0.4 is 10.4 Å². The highest BCUT2D eigenvalue weighted by atomic mass is 35.5. The van der Waals surface area contributed by atoms with Gasteiger partial charge in [-0.3, -0.25) is 9.48 Å². The lowest BCUT2D eigenvalue weighted by atomic mass is 10.1. The van der Waals surface area contributed by atoms with Gasteiger partial charge in [-0.15, -0.1) is 11.3 Å². The average molecular weight is 561 g/mol. The number of aryl methyl sites for hydroxylation is 1. The highest BCUT2D eigenvalue weighted by Crippen LogP contribution is 2.32. The molecule has 1 aliphatic carbocycles. The predicted molar refractivity (Wildman–Crippen MR) is 155 cm³/mol. The molecule has 0 saturated heterocycles. The highest BCUT2D eigenvalue weighted by Gasteiger charge is 2.21. The summed E-state index contributed by atoms with van der Waals surface area (Å²) in [7, 11) is 1.86. The minimum atomic E-state index is -0.197. The van der Waals surface area contributed by atoms with Gasteiger partial charge in [0.1, 0.15) is 0 Å². The molecule has 38 heavy (non-hydrogen) atoms. The molecule has 0 N–H and O–H groups in total. The van der Waals surface area contributed by atoms with Gasteiger partial charge in [0.15, 0.2) is 5.69 Å². The van der Waals surface area contributed by atoms with E-state index in [1.54, 1.807) is 21.5 Å². The molecule has 0 unspecified atom stereocenters. The van der Waals surface area contributed by atoms with Crippen LogP contribution in [-0.4, -0.2) is 19.8 Å². The lowest BCUT2D eigenvalue weighted by Gasteiger charge is -2.08. The maximum atomic E-state index is 13.6. The van der Waals surface area contributed by atoms with Gasteiger partial charge < -0.3 is 0 Å². The third-order valence-electron chi connectivity index (χ3n) is 6.80. The van der Waals surface area contributed by atoms with E-state index in [4.69, 9.17) is 33.3 Å². The summed E-state index contributed by atoms with van der Waals surface area (Å²) in [5.41, 5.74) is 6.56. The molecule has 190 valence electrons. The fourth-order valence-corrected chi connectivity index (χ4v) is 5.98. The molecule has 0 atom stereocenters. The van der Waals surface area contributed by atoms with Crippen LogP contribution in [0.25, 0.3) is 16.9 Å². The van der Waals surface area contributed by atoms with Crippen molar-refractivity contribution in [2.45, 2.75) is 19.8 Å². The first kappa shape index (κ1) is 24.7. The zero-order valence-electron chi connectivity index (χ0n) is 20.7. The SMILES string of the molecule is Cc1c(N=c2scc(-c3cc(Cl)ccc3Cl)n2N=C2CCc3ccccc32)c(=O)n(-c2ccccc2)n1C. The summed E-state index contributed by atoms with van der Waals surface area (Å²) in [5.74, 6) is 0. The molecule has 0 spiro atoms. The van der Waals surface area contributed by atoms with Crippen LogP contribution in [0, 0.1) is 6.92 Å². The largest absolute Gasteiger partial charge is 0.297 e. The Balaban J connectivity index is 1.59. The van der Waals surface area contributed by atoms with Crippen LogP contribution in [0.5, 0.6) is 0 Å². The molecule has 2 heterocycles. The molecular weight excluding hydrogens is 537 g/mol. The summed E-state index contributed by atoms with van der Waals surface area (Å²) in [5, 5.41) is 8.17. The van der Waals surface area contributed by atoms with Crippen LogP contribution in [0.3, 0.4) is 0 Å². The van der Waals surface area contributed by atoms with Gasteiger partial charge in [0.25, 0.3) is 5.56 Å². The predicted octanol–water partition coefficient (Wildman–Crippen LogP) is 6.75. The van der Waals surface area contributed by atoms with E-state index < -0.39 is 0 Å². The van der Waals surface area contributed by atoms with E-state index in [9.17, 15) is 4.79 Å². The summed E-state index contributed by atoms with van der Waals surface area (Å²) in [6, 6.07) is 23.2. The Kier molecular flexibility index (Phi) is 6.43.